The second kappa shape index (κ2) is 5.96. The summed E-state index contributed by atoms with van der Waals surface area (Å²) < 4.78 is 1.64. The number of nitrogens with zero attached hydrogens (tertiary/aromatic N) is 3. The molecular formula is C17H13ClN4OS. The van der Waals surface area contributed by atoms with E-state index >= 15 is 0 Å². The van der Waals surface area contributed by atoms with Gasteiger partial charge in [0.1, 0.15) is 5.52 Å². The molecule has 5 nitrogen and oxygen atoms in total. The van der Waals surface area contributed by atoms with Gasteiger partial charge in [-0.1, -0.05) is 41.6 Å². The number of imidazole rings is 1. The maximum atomic E-state index is 12.1. The van der Waals surface area contributed by atoms with Gasteiger partial charge >= 0.3 is 0 Å². The Morgan fingerprint density at radius 3 is 2.96 bits per heavy atom. The Bertz CT molecular complexity index is 1120. The van der Waals surface area contributed by atoms with E-state index in [1.165, 1.54) is 0 Å². The molecule has 0 amide bonds. The minimum atomic E-state index is -0.0281. The standard InChI is InChI=1S/C17H13ClN4OS/c1-22-16-11(4-2-3-5-15(16)23)14(21-22)9-24-17-19-12-7-6-10(18)8-13(12)20-17/h2-8H,9H2,1H3,(H,19,20). The molecule has 0 atom stereocenters. The molecule has 0 saturated carbocycles. The number of hydrogen-bond donors (Lipinski definition) is 1. The number of fused-ring (bicyclic) bond motifs is 2. The number of hydrogen-bond acceptors (Lipinski definition) is 4. The molecule has 0 saturated heterocycles. The van der Waals surface area contributed by atoms with Crippen LogP contribution in [0.15, 0.2) is 52.4 Å². The summed E-state index contributed by atoms with van der Waals surface area (Å²) in [4.78, 5) is 19.9. The predicted octanol–water partition coefficient (Wildman–Crippen LogP) is 3.76. The molecule has 7 heteroatoms. The van der Waals surface area contributed by atoms with Crippen molar-refractivity contribution in [2.24, 2.45) is 7.05 Å². The maximum absolute atomic E-state index is 12.1. The van der Waals surface area contributed by atoms with Gasteiger partial charge in [-0.2, -0.15) is 5.10 Å². The Kier molecular flexibility index (Phi) is 3.78. The van der Waals surface area contributed by atoms with Crippen molar-refractivity contribution in [2.75, 3.05) is 0 Å². The van der Waals surface area contributed by atoms with Gasteiger partial charge in [-0.05, 0) is 24.3 Å². The number of nitrogens with one attached hydrogen (secondary N) is 1. The second-order valence-corrected chi connectivity index (χ2v) is 6.81. The van der Waals surface area contributed by atoms with Gasteiger partial charge in [-0.15, -0.1) is 0 Å². The fraction of sp³-hybridized carbons (Fsp3) is 0.118. The third-order valence-corrected chi connectivity index (χ3v) is 4.90. The normalized spacial score (nSPS) is 11.4. The lowest BCUT2D eigenvalue weighted by Gasteiger charge is -1.94. The number of halogens is 1. The van der Waals surface area contributed by atoms with Crippen molar-refractivity contribution in [2.45, 2.75) is 10.9 Å². The number of rotatable bonds is 3. The fourth-order valence-electron chi connectivity index (χ4n) is 2.71. The lowest BCUT2D eigenvalue weighted by atomic mass is 10.3. The summed E-state index contributed by atoms with van der Waals surface area (Å²) in [7, 11) is 1.79. The molecule has 1 N–H and O–H groups in total. The highest BCUT2D eigenvalue weighted by Crippen LogP contribution is 2.26. The number of aromatic amines is 1. The van der Waals surface area contributed by atoms with Crippen LogP contribution >= 0.6 is 23.4 Å². The van der Waals surface area contributed by atoms with Crippen LogP contribution in [0, 0.1) is 0 Å². The third-order valence-electron chi connectivity index (χ3n) is 3.78. The van der Waals surface area contributed by atoms with E-state index in [-0.39, 0.29) is 5.43 Å². The molecule has 120 valence electrons. The van der Waals surface area contributed by atoms with Gasteiger partial charge in [0.2, 0.25) is 5.43 Å². The number of aromatic nitrogens is 4. The summed E-state index contributed by atoms with van der Waals surface area (Å²) in [5, 5.41) is 6.84. The van der Waals surface area contributed by atoms with Crippen LogP contribution < -0.4 is 5.43 Å². The Hall–Kier alpha value is -2.31. The van der Waals surface area contributed by atoms with E-state index < -0.39 is 0 Å². The summed E-state index contributed by atoms with van der Waals surface area (Å²) >= 11 is 7.55. The van der Waals surface area contributed by atoms with Crippen LogP contribution in [0.1, 0.15) is 5.69 Å². The van der Waals surface area contributed by atoms with Crippen molar-refractivity contribution in [1.82, 2.24) is 19.7 Å². The van der Waals surface area contributed by atoms with Crippen LogP contribution in [0.5, 0.6) is 0 Å². The van der Waals surface area contributed by atoms with Crippen molar-refractivity contribution < 1.29 is 0 Å². The van der Waals surface area contributed by atoms with E-state index in [9.17, 15) is 4.79 Å². The Balaban J connectivity index is 1.68. The first-order valence-electron chi connectivity index (χ1n) is 7.35. The number of thioether (sulfide) groups is 1. The molecule has 2 aromatic heterocycles. The topological polar surface area (TPSA) is 63.6 Å². The van der Waals surface area contributed by atoms with Crippen LogP contribution in [-0.4, -0.2) is 19.7 Å². The minimum Gasteiger partial charge on any atom is -0.333 e. The largest absolute Gasteiger partial charge is 0.333 e. The number of benzene rings is 1. The molecule has 24 heavy (non-hydrogen) atoms. The molecule has 0 fully saturated rings. The lowest BCUT2D eigenvalue weighted by Crippen LogP contribution is -2.02. The van der Waals surface area contributed by atoms with Crippen LogP contribution in [0.2, 0.25) is 5.02 Å². The maximum Gasteiger partial charge on any atom is 0.204 e. The van der Waals surface area contributed by atoms with Crippen molar-refractivity contribution >= 4 is 45.3 Å². The Morgan fingerprint density at radius 1 is 1.25 bits per heavy atom. The van der Waals surface area contributed by atoms with E-state index in [2.05, 4.69) is 15.1 Å². The molecule has 0 bridgehead atoms. The van der Waals surface area contributed by atoms with Crippen LogP contribution in [0.25, 0.3) is 21.9 Å². The summed E-state index contributed by atoms with van der Waals surface area (Å²) in [6.45, 7) is 0. The predicted molar refractivity (Wildman–Crippen MR) is 97.6 cm³/mol. The van der Waals surface area contributed by atoms with Crippen molar-refractivity contribution in [3.05, 3.63) is 63.4 Å². The van der Waals surface area contributed by atoms with E-state index in [0.717, 1.165) is 27.3 Å². The zero-order chi connectivity index (χ0) is 16.7. The van der Waals surface area contributed by atoms with Gasteiger partial charge in [0, 0.05) is 23.2 Å². The Labute approximate surface area is 146 Å². The molecule has 0 radical (unpaired) electrons. The van der Waals surface area contributed by atoms with Crippen LogP contribution in [0.3, 0.4) is 0 Å². The first-order chi connectivity index (χ1) is 11.6. The van der Waals surface area contributed by atoms with Gasteiger partial charge in [0.25, 0.3) is 0 Å². The third kappa shape index (κ3) is 2.68. The van der Waals surface area contributed by atoms with Crippen molar-refractivity contribution in [3.8, 4) is 0 Å². The Morgan fingerprint density at radius 2 is 2.08 bits per heavy atom. The van der Waals surface area contributed by atoms with Gasteiger partial charge < -0.3 is 4.98 Å². The second-order valence-electron chi connectivity index (χ2n) is 5.41. The smallest absolute Gasteiger partial charge is 0.204 e. The van der Waals surface area contributed by atoms with Crippen molar-refractivity contribution in [3.63, 3.8) is 0 Å². The highest BCUT2D eigenvalue weighted by Gasteiger charge is 2.12. The SMILES string of the molecule is Cn1nc(CSc2nc3ccc(Cl)cc3[nH]2)c2ccccc(=O)c21. The first-order valence-corrected chi connectivity index (χ1v) is 8.71. The molecule has 0 aliphatic rings. The van der Waals surface area contributed by atoms with E-state index in [1.807, 2.05) is 30.3 Å². The van der Waals surface area contributed by atoms with Crippen LogP contribution in [0.4, 0.5) is 0 Å². The molecule has 2 aromatic carbocycles. The summed E-state index contributed by atoms with van der Waals surface area (Å²) in [5.74, 6) is 0.619. The average Bonchev–Trinajstić information content (AvgIpc) is 3.02. The summed E-state index contributed by atoms with van der Waals surface area (Å²) in [5.41, 5.74) is 3.24. The van der Waals surface area contributed by atoms with Gasteiger partial charge in [0.05, 0.1) is 16.7 Å². The minimum absolute atomic E-state index is 0.0281. The molecule has 0 aliphatic heterocycles. The first kappa shape index (κ1) is 15.2. The van der Waals surface area contributed by atoms with Gasteiger partial charge in [0.15, 0.2) is 5.16 Å². The van der Waals surface area contributed by atoms with Gasteiger partial charge in [-0.3, -0.25) is 9.48 Å². The van der Waals surface area contributed by atoms with E-state index in [0.29, 0.717) is 16.3 Å². The fourth-order valence-corrected chi connectivity index (χ4v) is 3.71. The van der Waals surface area contributed by atoms with E-state index in [1.54, 1.807) is 35.6 Å². The summed E-state index contributed by atoms with van der Waals surface area (Å²) in [6.07, 6.45) is 0. The summed E-state index contributed by atoms with van der Waals surface area (Å²) in [6, 6.07) is 12.7. The molecular weight excluding hydrogens is 344 g/mol. The monoisotopic (exact) mass is 356 g/mol. The van der Waals surface area contributed by atoms with Crippen molar-refractivity contribution in [1.29, 1.82) is 0 Å². The zero-order valence-electron chi connectivity index (χ0n) is 12.8. The highest BCUT2D eigenvalue weighted by molar-refractivity contribution is 7.98. The highest BCUT2D eigenvalue weighted by atomic mass is 35.5. The van der Waals surface area contributed by atoms with E-state index in [4.69, 9.17) is 11.6 Å². The quantitative estimate of drug-likeness (QED) is 0.568. The number of H-pyrrole nitrogens is 1. The number of aryl methyl sites for hydroxylation is 1. The lowest BCUT2D eigenvalue weighted by molar-refractivity contribution is 0.779. The molecule has 2 heterocycles. The zero-order valence-corrected chi connectivity index (χ0v) is 14.4. The molecule has 0 spiro atoms. The van der Waals surface area contributed by atoms with Gasteiger partial charge in [-0.25, -0.2) is 4.98 Å². The molecule has 4 aromatic rings. The molecule has 4 rings (SSSR count). The molecule has 0 unspecified atom stereocenters. The van der Waals surface area contributed by atoms with Crippen LogP contribution in [-0.2, 0) is 12.8 Å². The molecule has 0 aliphatic carbocycles. The average molecular weight is 357 g/mol.